The molecule has 1 aromatic carbocycles. The minimum Gasteiger partial charge on any atom is -0.462 e. The fourth-order valence-corrected chi connectivity index (χ4v) is 2.05. The molecular formula is C13H15FO3. The van der Waals surface area contributed by atoms with Crippen molar-refractivity contribution in [2.45, 2.75) is 25.1 Å². The second-order valence-electron chi connectivity index (χ2n) is 4.39. The van der Waals surface area contributed by atoms with E-state index in [1.165, 1.54) is 0 Å². The number of halogens is 1. The molecule has 1 aliphatic carbocycles. The first kappa shape index (κ1) is 12.0. The molecule has 1 aliphatic rings. The minimum absolute atomic E-state index is 0.0762. The largest absolute Gasteiger partial charge is 0.462 e. The maximum Gasteiger partial charge on any atom is 0.338 e. The number of alkyl halides is 1. The average molecular weight is 238 g/mol. The van der Waals surface area contributed by atoms with Crippen molar-refractivity contribution in [3.05, 3.63) is 35.9 Å². The lowest BCUT2D eigenvalue weighted by Gasteiger charge is -2.09. The molecule has 1 unspecified atom stereocenters. The second-order valence-corrected chi connectivity index (χ2v) is 4.39. The second kappa shape index (κ2) is 5.27. The van der Waals surface area contributed by atoms with E-state index < -0.39 is 18.2 Å². The summed E-state index contributed by atoms with van der Waals surface area (Å²) in [5.41, 5.74) is 0.489. The molecule has 92 valence electrons. The summed E-state index contributed by atoms with van der Waals surface area (Å²) >= 11 is 0. The van der Waals surface area contributed by atoms with Crippen LogP contribution in [-0.2, 0) is 4.74 Å². The van der Waals surface area contributed by atoms with Gasteiger partial charge in [0.25, 0.3) is 0 Å². The highest BCUT2D eigenvalue weighted by atomic mass is 19.1. The molecule has 1 fully saturated rings. The van der Waals surface area contributed by atoms with Gasteiger partial charge in [-0.05, 0) is 30.9 Å². The summed E-state index contributed by atoms with van der Waals surface area (Å²) in [6, 6.07) is 8.67. The van der Waals surface area contributed by atoms with Crippen LogP contribution in [0, 0.1) is 5.92 Å². The lowest BCUT2D eigenvalue weighted by atomic mass is 10.1. The monoisotopic (exact) mass is 238 g/mol. The standard InChI is InChI=1S/C13H15FO3/c14-11-6-9(7-12(11)15)8-17-13(16)10-4-2-1-3-5-10/h1-5,9,11-12,15H,6-8H2/t9?,11-,12-/m1/s1. The van der Waals surface area contributed by atoms with Gasteiger partial charge in [-0.1, -0.05) is 18.2 Å². The van der Waals surface area contributed by atoms with E-state index in [2.05, 4.69) is 0 Å². The van der Waals surface area contributed by atoms with Crippen LogP contribution in [-0.4, -0.2) is 30.0 Å². The van der Waals surface area contributed by atoms with Gasteiger partial charge in [-0.15, -0.1) is 0 Å². The minimum atomic E-state index is -1.18. The molecule has 17 heavy (non-hydrogen) atoms. The maximum absolute atomic E-state index is 13.0. The van der Waals surface area contributed by atoms with Gasteiger partial charge < -0.3 is 9.84 Å². The zero-order valence-corrected chi connectivity index (χ0v) is 9.38. The van der Waals surface area contributed by atoms with Crippen LogP contribution in [0.3, 0.4) is 0 Å². The fourth-order valence-electron chi connectivity index (χ4n) is 2.05. The van der Waals surface area contributed by atoms with Gasteiger partial charge in [0, 0.05) is 0 Å². The molecule has 0 saturated heterocycles. The molecule has 3 atom stereocenters. The van der Waals surface area contributed by atoms with Crippen LogP contribution >= 0.6 is 0 Å². The van der Waals surface area contributed by atoms with E-state index in [1.54, 1.807) is 24.3 Å². The molecule has 1 aromatic rings. The summed E-state index contributed by atoms with van der Waals surface area (Å²) in [6.07, 6.45) is -1.46. The Morgan fingerprint density at radius 2 is 2.06 bits per heavy atom. The fraction of sp³-hybridized carbons (Fsp3) is 0.462. The number of benzene rings is 1. The summed E-state index contributed by atoms with van der Waals surface area (Å²) in [6.45, 7) is 0.172. The van der Waals surface area contributed by atoms with Crippen molar-refractivity contribution in [3.8, 4) is 0 Å². The van der Waals surface area contributed by atoms with E-state index in [0.717, 1.165) is 0 Å². The Morgan fingerprint density at radius 3 is 2.65 bits per heavy atom. The van der Waals surface area contributed by atoms with E-state index in [9.17, 15) is 14.3 Å². The van der Waals surface area contributed by atoms with Crippen molar-refractivity contribution in [1.82, 2.24) is 0 Å². The molecule has 0 aromatic heterocycles. The lowest BCUT2D eigenvalue weighted by Crippen LogP contribution is -2.13. The highest BCUT2D eigenvalue weighted by molar-refractivity contribution is 5.89. The third kappa shape index (κ3) is 3.03. The third-order valence-corrected chi connectivity index (χ3v) is 3.01. The number of aliphatic hydroxyl groups is 1. The molecule has 0 heterocycles. The quantitative estimate of drug-likeness (QED) is 0.819. The lowest BCUT2D eigenvalue weighted by molar-refractivity contribution is 0.0431. The van der Waals surface area contributed by atoms with Gasteiger partial charge in [-0.3, -0.25) is 0 Å². The number of rotatable bonds is 3. The van der Waals surface area contributed by atoms with Gasteiger partial charge in [0.1, 0.15) is 6.17 Å². The zero-order valence-electron chi connectivity index (χ0n) is 9.38. The number of esters is 1. The topological polar surface area (TPSA) is 46.5 Å². The van der Waals surface area contributed by atoms with Crippen molar-refractivity contribution in [2.24, 2.45) is 5.92 Å². The summed E-state index contributed by atoms with van der Waals surface area (Å²) in [7, 11) is 0. The SMILES string of the molecule is O=C(OCC1C[C@@H](O)[C@H](F)C1)c1ccccc1. The number of hydrogen-bond acceptors (Lipinski definition) is 3. The van der Waals surface area contributed by atoms with Crippen molar-refractivity contribution in [3.63, 3.8) is 0 Å². The molecule has 0 radical (unpaired) electrons. The molecule has 0 spiro atoms. The molecule has 1 N–H and O–H groups in total. The summed E-state index contributed by atoms with van der Waals surface area (Å²) in [4.78, 5) is 11.6. The van der Waals surface area contributed by atoms with Crippen molar-refractivity contribution < 1.29 is 19.0 Å². The Kier molecular flexibility index (Phi) is 3.74. The Labute approximate surface area is 99.2 Å². The first-order chi connectivity index (χ1) is 8.16. The van der Waals surface area contributed by atoms with E-state index in [0.29, 0.717) is 12.0 Å². The van der Waals surface area contributed by atoms with Crippen molar-refractivity contribution in [2.75, 3.05) is 6.61 Å². The number of ether oxygens (including phenoxy) is 1. The van der Waals surface area contributed by atoms with Crippen LogP contribution in [0.25, 0.3) is 0 Å². The van der Waals surface area contributed by atoms with Gasteiger partial charge in [-0.2, -0.15) is 0 Å². The number of hydrogen-bond donors (Lipinski definition) is 1. The first-order valence-corrected chi connectivity index (χ1v) is 5.71. The predicted molar refractivity (Wildman–Crippen MR) is 60.4 cm³/mol. The molecule has 4 heteroatoms. The van der Waals surface area contributed by atoms with Gasteiger partial charge in [-0.25, -0.2) is 9.18 Å². The highest BCUT2D eigenvalue weighted by Gasteiger charge is 2.33. The first-order valence-electron chi connectivity index (χ1n) is 5.71. The van der Waals surface area contributed by atoms with Gasteiger partial charge in [0.05, 0.1) is 18.3 Å². The molecule has 0 aliphatic heterocycles. The Balaban J connectivity index is 1.81. The van der Waals surface area contributed by atoms with Crippen LogP contribution in [0.1, 0.15) is 23.2 Å². The molecule has 3 nitrogen and oxygen atoms in total. The van der Waals surface area contributed by atoms with Crippen LogP contribution in [0.15, 0.2) is 30.3 Å². The van der Waals surface area contributed by atoms with E-state index in [1.807, 2.05) is 6.07 Å². The molecule has 1 saturated carbocycles. The van der Waals surface area contributed by atoms with Crippen molar-refractivity contribution >= 4 is 5.97 Å². The van der Waals surface area contributed by atoms with Gasteiger partial charge in [0.2, 0.25) is 0 Å². The van der Waals surface area contributed by atoms with Crippen LogP contribution in [0.5, 0.6) is 0 Å². The Bertz CT molecular complexity index is 370. The van der Waals surface area contributed by atoms with Crippen molar-refractivity contribution in [1.29, 1.82) is 0 Å². The van der Waals surface area contributed by atoms with E-state index in [-0.39, 0.29) is 18.9 Å². The Morgan fingerprint density at radius 1 is 1.35 bits per heavy atom. The summed E-state index contributed by atoms with van der Waals surface area (Å²) in [5.74, 6) is -0.477. The predicted octanol–water partition coefficient (Wildman–Crippen LogP) is 1.95. The highest BCUT2D eigenvalue weighted by Crippen LogP contribution is 2.28. The summed E-state index contributed by atoms with van der Waals surface area (Å²) in [5, 5.41) is 9.23. The van der Waals surface area contributed by atoms with E-state index >= 15 is 0 Å². The van der Waals surface area contributed by atoms with Gasteiger partial charge >= 0.3 is 5.97 Å². The molecular weight excluding hydrogens is 223 g/mol. The van der Waals surface area contributed by atoms with Crippen LogP contribution in [0.2, 0.25) is 0 Å². The molecule has 2 rings (SSSR count). The molecule has 0 bridgehead atoms. The number of carbonyl (C=O) groups is 1. The normalized spacial score (nSPS) is 28.0. The smallest absolute Gasteiger partial charge is 0.338 e. The van der Waals surface area contributed by atoms with Gasteiger partial charge in [0.15, 0.2) is 0 Å². The summed E-state index contributed by atoms with van der Waals surface area (Å²) < 4.78 is 18.1. The number of carbonyl (C=O) groups excluding carboxylic acids is 1. The number of aliphatic hydroxyl groups excluding tert-OH is 1. The maximum atomic E-state index is 13.0. The van der Waals surface area contributed by atoms with E-state index in [4.69, 9.17) is 4.74 Å². The van der Waals surface area contributed by atoms with Crippen LogP contribution < -0.4 is 0 Å². The van der Waals surface area contributed by atoms with Crippen LogP contribution in [0.4, 0.5) is 4.39 Å². The average Bonchev–Trinajstić information content (AvgIpc) is 2.67. The Hall–Kier alpha value is -1.42. The zero-order chi connectivity index (χ0) is 12.3. The third-order valence-electron chi connectivity index (χ3n) is 3.01. The molecule has 0 amide bonds.